The second kappa shape index (κ2) is 14.7. The van der Waals surface area contributed by atoms with Crippen LogP contribution < -0.4 is 24.4 Å². The number of nitrogens with one attached hydrogen (secondary N) is 1. The Bertz CT molecular complexity index is 1710. The Morgan fingerprint density at radius 2 is 1.55 bits per heavy atom. The number of methoxy groups -OCH3 is 3. The lowest BCUT2D eigenvalue weighted by Crippen LogP contribution is -2.20. The molecule has 5 aromatic rings. The SMILES string of the molecule is COc1ccc(-c2nnc(SCC(=O)N/N=C/c3ccc(OCc4ccccc4)c(OC)c3)n2-c2ccc(OC)cc2)cc1. The second-order valence-corrected chi connectivity index (χ2v) is 10.3. The highest BCUT2D eigenvalue weighted by atomic mass is 32.2. The summed E-state index contributed by atoms with van der Waals surface area (Å²) in [6.07, 6.45) is 1.55. The standard InChI is InChI=1S/C33H31N5O5S/c1-40-27-14-10-25(11-15-27)32-36-37-33(38(32)26-12-16-28(41-2)17-13-26)44-22-31(39)35-34-20-24-9-18-29(30(19-24)42-3)43-21-23-7-5-4-6-8-23/h4-20H,21-22H2,1-3H3,(H,35,39)/b34-20+. The zero-order valence-corrected chi connectivity index (χ0v) is 25.3. The predicted octanol–water partition coefficient (Wildman–Crippen LogP) is 5.78. The first kappa shape index (κ1) is 30.2. The maximum absolute atomic E-state index is 12.7. The average molecular weight is 610 g/mol. The Balaban J connectivity index is 1.24. The van der Waals surface area contributed by atoms with Crippen LogP contribution in [0.2, 0.25) is 0 Å². The van der Waals surface area contributed by atoms with Crippen LogP contribution in [0.4, 0.5) is 0 Å². The monoisotopic (exact) mass is 609 g/mol. The number of benzene rings is 4. The van der Waals surface area contributed by atoms with Gasteiger partial charge in [0.15, 0.2) is 22.5 Å². The van der Waals surface area contributed by atoms with Gasteiger partial charge in [-0.05, 0) is 77.9 Å². The fourth-order valence-corrected chi connectivity index (χ4v) is 4.96. The van der Waals surface area contributed by atoms with Crippen molar-refractivity contribution in [3.63, 3.8) is 0 Å². The molecule has 0 spiro atoms. The number of hydrogen-bond donors (Lipinski definition) is 1. The van der Waals surface area contributed by atoms with Crippen molar-refractivity contribution in [1.29, 1.82) is 0 Å². The van der Waals surface area contributed by atoms with Gasteiger partial charge in [0.1, 0.15) is 18.1 Å². The van der Waals surface area contributed by atoms with E-state index in [1.165, 1.54) is 11.8 Å². The molecule has 0 aliphatic heterocycles. The highest BCUT2D eigenvalue weighted by molar-refractivity contribution is 7.99. The number of hydrazone groups is 1. The first-order valence-electron chi connectivity index (χ1n) is 13.6. The molecule has 0 fully saturated rings. The lowest BCUT2D eigenvalue weighted by molar-refractivity contribution is -0.118. The smallest absolute Gasteiger partial charge is 0.250 e. The summed E-state index contributed by atoms with van der Waals surface area (Å²) in [6, 6.07) is 30.4. The molecule has 44 heavy (non-hydrogen) atoms. The number of aromatic nitrogens is 3. The van der Waals surface area contributed by atoms with Crippen molar-refractivity contribution in [3.05, 3.63) is 108 Å². The summed E-state index contributed by atoms with van der Waals surface area (Å²) in [6.45, 7) is 0.423. The maximum Gasteiger partial charge on any atom is 0.250 e. The number of carbonyl (C=O) groups is 1. The van der Waals surface area contributed by atoms with E-state index >= 15 is 0 Å². The molecule has 0 atom stereocenters. The molecule has 0 aliphatic carbocycles. The molecular weight excluding hydrogens is 578 g/mol. The minimum Gasteiger partial charge on any atom is -0.497 e. The summed E-state index contributed by atoms with van der Waals surface area (Å²) in [5, 5.41) is 13.5. The molecule has 0 bridgehead atoms. The van der Waals surface area contributed by atoms with E-state index in [0.717, 1.165) is 33.9 Å². The molecule has 0 unspecified atom stereocenters. The van der Waals surface area contributed by atoms with Gasteiger partial charge in [-0.15, -0.1) is 10.2 Å². The first-order chi connectivity index (χ1) is 21.6. The number of nitrogens with zero attached hydrogens (tertiary/aromatic N) is 4. The van der Waals surface area contributed by atoms with E-state index in [-0.39, 0.29) is 11.7 Å². The van der Waals surface area contributed by atoms with Gasteiger partial charge in [-0.2, -0.15) is 5.10 Å². The van der Waals surface area contributed by atoms with Crippen molar-refractivity contribution in [2.24, 2.45) is 5.10 Å². The van der Waals surface area contributed by atoms with E-state index in [1.54, 1.807) is 33.6 Å². The number of amides is 1. The topological polar surface area (TPSA) is 109 Å². The second-order valence-electron chi connectivity index (χ2n) is 9.33. The number of rotatable bonds is 13. The molecule has 0 radical (unpaired) electrons. The van der Waals surface area contributed by atoms with Crippen molar-refractivity contribution in [2.45, 2.75) is 11.8 Å². The maximum atomic E-state index is 12.7. The highest BCUT2D eigenvalue weighted by Crippen LogP contribution is 2.30. The third-order valence-electron chi connectivity index (χ3n) is 6.47. The van der Waals surface area contributed by atoms with Gasteiger partial charge in [0, 0.05) is 11.3 Å². The highest BCUT2D eigenvalue weighted by Gasteiger charge is 2.18. The molecule has 1 amide bonds. The number of ether oxygens (including phenoxy) is 4. The van der Waals surface area contributed by atoms with Crippen LogP contribution in [0.25, 0.3) is 17.1 Å². The van der Waals surface area contributed by atoms with Crippen LogP contribution in [0.15, 0.2) is 107 Å². The van der Waals surface area contributed by atoms with E-state index in [1.807, 2.05) is 95.6 Å². The molecule has 11 heteroatoms. The minimum absolute atomic E-state index is 0.0732. The third kappa shape index (κ3) is 7.56. The molecule has 5 rings (SSSR count). The fourth-order valence-electron chi connectivity index (χ4n) is 4.21. The molecule has 224 valence electrons. The number of thioether (sulfide) groups is 1. The van der Waals surface area contributed by atoms with E-state index in [9.17, 15) is 4.79 Å². The van der Waals surface area contributed by atoms with Crippen LogP contribution >= 0.6 is 11.8 Å². The average Bonchev–Trinajstić information content (AvgIpc) is 3.51. The zero-order chi connectivity index (χ0) is 30.7. The van der Waals surface area contributed by atoms with Gasteiger partial charge in [-0.3, -0.25) is 9.36 Å². The van der Waals surface area contributed by atoms with Crippen molar-refractivity contribution < 1.29 is 23.7 Å². The Morgan fingerprint density at radius 3 is 2.23 bits per heavy atom. The van der Waals surface area contributed by atoms with E-state index in [2.05, 4.69) is 20.7 Å². The summed E-state index contributed by atoms with van der Waals surface area (Å²) in [5.74, 6) is 3.05. The summed E-state index contributed by atoms with van der Waals surface area (Å²) in [5.41, 5.74) is 6.05. The molecule has 0 saturated carbocycles. The molecular formula is C33H31N5O5S. The van der Waals surface area contributed by atoms with E-state index in [0.29, 0.717) is 29.1 Å². The van der Waals surface area contributed by atoms with Crippen LogP contribution in [0.3, 0.4) is 0 Å². The van der Waals surface area contributed by atoms with Crippen molar-refractivity contribution in [3.8, 4) is 40.1 Å². The lowest BCUT2D eigenvalue weighted by atomic mass is 10.2. The van der Waals surface area contributed by atoms with Gasteiger partial charge < -0.3 is 18.9 Å². The quantitative estimate of drug-likeness (QED) is 0.102. The van der Waals surface area contributed by atoms with Crippen molar-refractivity contribution in [2.75, 3.05) is 27.1 Å². The summed E-state index contributed by atoms with van der Waals surface area (Å²) < 4.78 is 23.9. The van der Waals surface area contributed by atoms with Crippen LogP contribution in [0.1, 0.15) is 11.1 Å². The van der Waals surface area contributed by atoms with Crippen molar-refractivity contribution in [1.82, 2.24) is 20.2 Å². The summed E-state index contributed by atoms with van der Waals surface area (Å²) >= 11 is 1.25. The molecule has 1 heterocycles. The van der Waals surface area contributed by atoms with Gasteiger partial charge in [-0.25, -0.2) is 5.43 Å². The molecule has 0 aliphatic rings. The van der Waals surface area contributed by atoms with E-state index < -0.39 is 0 Å². The zero-order valence-electron chi connectivity index (χ0n) is 24.5. The Morgan fingerprint density at radius 1 is 0.841 bits per heavy atom. The minimum atomic E-state index is -0.295. The normalized spacial score (nSPS) is 10.9. The summed E-state index contributed by atoms with van der Waals surface area (Å²) in [4.78, 5) is 12.7. The Kier molecular flexibility index (Phi) is 10.1. The molecule has 1 N–H and O–H groups in total. The lowest BCUT2D eigenvalue weighted by Gasteiger charge is -2.11. The number of carbonyl (C=O) groups excluding carboxylic acids is 1. The van der Waals surface area contributed by atoms with Gasteiger partial charge in [-0.1, -0.05) is 42.1 Å². The molecule has 1 aromatic heterocycles. The van der Waals surface area contributed by atoms with Gasteiger partial charge in [0.2, 0.25) is 0 Å². The van der Waals surface area contributed by atoms with Crippen LogP contribution in [-0.2, 0) is 11.4 Å². The first-order valence-corrected chi connectivity index (χ1v) is 14.6. The van der Waals surface area contributed by atoms with Gasteiger partial charge in [0.25, 0.3) is 5.91 Å². The molecule has 10 nitrogen and oxygen atoms in total. The Labute approximate surface area is 259 Å². The number of hydrogen-bond acceptors (Lipinski definition) is 9. The molecule has 4 aromatic carbocycles. The third-order valence-corrected chi connectivity index (χ3v) is 7.40. The predicted molar refractivity (Wildman–Crippen MR) is 170 cm³/mol. The molecule has 0 saturated heterocycles. The Hall–Kier alpha value is -5.29. The van der Waals surface area contributed by atoms with Crippen LogP contribution in [-0.4, -0.2) is 54.0 Å². The van der Waals surface area contributed by atoms with Gasteiger partial charge >= 0.3 is 0 Å². The van der Waals surface area contributed by atoms with Gasteiger partial charge in [0.05, 0.1) is 33.3 Å². The van der Waals surface area contributed by atoms with Crippen LogP contribution in [0, 0.1) is 0 Å². The van der Waals surface area contributed by atoms with Crippen molar-refractivity contribution >= 4 is 23.9 Å². The fraction of sp³-hybridized carbons (Fsp3) is 0.152. The van der Waals surface area contributed by atoms with E-state index in [4.69, 9.17) is 18.9 Å². The largest absolute Gasteiger partial charge is 0.497 e. The summed E-state index contributed by atoms with van der Waals surface area (Å²) in [7, 11) is 4.82. The van der Waals surface area contributed by atoms with Crippen LogP contribution in [0.5, 0.6) is 23.0 Å².